The third-order valence-corrected chi connectivity index (χ3v) is 2.59. The minimum Gasteiger partial charge on any atom is -0.396 e. The zero-order chi connectivity index (χ0) is 14.4. The number of halogens is 1. The second-order valence-electron chi connectivity index (χ2n) is 4.29. The van der Waals surface area contributed by atoms with Crippen molar-refractivity contribution >= 4 is 11.6 Å². The summed E-state index contributed by atoms with van der Waals surface area (Å²) in [7, 11) is 0. The minimum absolute atomic E-state index is 0.00262. The topological polar surface area (TPSA) is 80.0 Å². The molecular formula is C13H15FN4O2. The van der Waals surface area contributed by atoms with Crippen molar-refractivity contribution in [2.24, 2.45) is 0 Å². The molecule has 0 radical (unpaired) electrons. The molecule has 0 bridgehead atoms. The first-order valence-electron chi connectivity index (χ1n) is 6.22. The number of aliphatic hydroxyl groups excluding tert-OH is 1. The first-order chi connectivity index (χ1) is 9.67. The molecular weight excluding hydrogens is 263 g/mol. The number of hydrogen-bond acceptors (Lipinski definition) is 4. The smallest absolute Gasteiger partial charge is 0.246 e. The number of carbonyl (C=O) groups excluding carboxylic acids is 1. The SMILES string of the molecule is O=C(Cn1cc(CCCO)nn1)Nc1cccc(F)c1. The number of nitrogens with one attached hydrogen (secondary N) is 1. The molecule has 0 aliphatic carbocycles. The van der Waals surface area contributed by atoms with Crippen LogP contribution >= 0.6 is 0 Å². The highest BCUT2D eigenvalue weighted by molar-refractivity contribution is 5.90. The maximum Gasteiger partial charge on any atom is 0.246 e. The van der Waals surface area contributed by atoms with Crippen LogP contribution in [0.4, 0.5) is 10.1 Å². The van der Waals surface area contributed by atoms with Crippen molar-refractivity contribution in [1.82, 2.24) is 15.0 Å². The third kappa shape index (κ3) is 4.13. The molecule has 0 saturated carbocycles. The molecule has 0 aliphatic heterocycles. The lowest BCUT2D eigenvalue weighted by Gasteiger charge is -2.04. The molecule has 2 rings (SSSR count). The van der Waals surface area contributed by atoms with E-state index in [0.717, 1.165) is 5.69 Å². The summed E-state index contributed by atoms with van der Waals surface area (Å²) in [5.74, 6) is -0.718. The standard InChI is InChI=1S/C13H15FN4O2/c14-10-3-1-4-11(7-10)15-13(20)9-18-8-12(16-17-18)5-2-6-19/h1,3-4,7-8,19H,2,5-6,9H2,(H,15,20). The number of carbonyl (C=O) groups is 1. The van der Waals surface area contributed by atoms with Gasteiger partial charge in [0, 0.05) is 18.5 Å². The molecule has 0 saturated heterocycles. The van der Waals surface area contributed by atoms with E-state index in [1.54, 1.807) is 12.3 Å². The lowest BCUT2D eigenvalue weighted by atomic mass is 10.3. The van der Waals surface area contributed by atoms with Gasteiger partial charge in [0.15, 0.2) is 0 Å². The fourth-order valence-corrected chi connectivity index (χ4v) is 1.70. The molecule has 1 aromatic heterocycles. The van der Waals surface area contributed by atoms with Crippen molar-refractivity contribution in [2.45, 2.75) is 19.4 Å². The Morgan fingerprint density at radius 1 is 1.45 bits per heavy atom. The molecule has 0 atom stereocenters. The zero-order valence-corrected chi connectivity index (χ0v) is 10.8. The Bertz CT molecular complexity index is 585. The van der Waals surface area contributed by atoms with Crippen molar-refractivity contribution in [3.63, 3.8) is 0 Å². The van der Waals surface area contributed by atoms with Gasteiger partial charge in [0.25, 0.3) is 0 Å². The maximum atomic E-state index is 13.0. The van der Waals surface area contributed by atoms with E-state index < -0.39 is 5.82 Å². The molecule has 1 aromatic carbocycles. The van der Waals surface area contributed by atoms with Crippen molar-refractivity contribution in [1.29, 1.82) is 0 Å². The Kier molecular flexibility index (Phi) is 4.78. The number of rotatable bonds is 6. The van der Waals surface area contributed by atoms with Gasteiger partial charge in [-0.15, -0.1) is 5.10 Å². The fraction of sp³-hybridized carbons (Fsp3) is 0.308. The highest BCUT2D eigenvalue weighted by atomic mass is 19.1. The van der Waals surface area contributed by atoms with Crippen LogP contribution in [0.5, 0.6) is 0 Å². The van der Waals surface area contributed by atoms with Crippen LogP contribution < -0.4 is 5.32 Å². The Balaban J connectivity index is 1.89. The average molecular weight is 278 g/mol. The van der Waals surface area contributed by atoms with Crippen molar-refractivity contribution in [2.75, 3.05) is 11.9 Å². The normalized spacial score (nSPS) is 10.5. The zero-order valence-electron chi connectivity index (χ0n) is 10.8. The van der Waals surface area contributed by atoms with Crippen molar-refractivity contribution in [3.05, 3.63) is 42.0 Å². The van der Waals surface area contributed by atoms with Gasteiger partial charge in [-0.25, -0.2) is 9.07 Å². The van der Waals surface area contributed by atoms with Gasteiger partial charge >= 0.3 is 0 Å². The third-order valence-electron chi connectivity index (χ3n) is 2.59. The Morgan fingerprint density at radius 3 is 3.05 bits per heavy atom. The van der Waals surface area contributed by atoms with Gasteiger partial charge in [-0.3, -0.25) is 4.79 Å². The van der Waals surface area contributed by atoms with E-state index in [4.69, 9.17) is 5.11 Å². The van der Waals surface area contributed by atoms with Crippen LogP contribution in [-0.4, -0.2) is 32.6 Å². The van der Waals surface area contributed by atoms with Crippen LogP contribution in [0.2, 0.25) is 0 Å². The van der Waals surface area contributed by atoms with Crippen LogP contribution in [0.25, 0.3) is 0 Å². The van der Waals surface area contributed by atoms with Crippen molar-refractivity contribution < 1.29 is 14.3 Å². The van der Waals surface area contributed by atoms with Gasteiger partial charge < -0.3 is 10.4 Å². The van der Waals surface area contributed by atoms with Crippen LogP contribution in [-0.2, 0) is 17.8 Å². The summed E-state index contributed by atoms with van der Waals surface area (Å²) in [5.41, 5.74) is 1.12. The van der Waals surface area contributed by atoms with Gasteiger partial charge in [0.2, 0.25) is 5.91 Å². The predicted molar refractivity (Wildman–Crippen MR) is 70.5 cm³/mol. The molecule has 1 heterocycles. The molecule has 7 heteroatoms. The van der Waals surface area contributed by atoms with E-state index in [9.17, 15) is 9.18 Å². The van der Waals surface area contributed by atoms with E-state index in [-0.39, 0.29) is 19.1 Å². The summed E-state index contributed by atoms with van der Waals surface area (Å²) in [6.07, 6.45) is 2.87. The maximum absolute atomic E-state index is 13.0. The lowest BCUT2D eigenvalue weighted by Crippen LogP contribution is -2.19. The van der Waals surface area contributed by atoms with Gasteiger partial charge in [0.1, 0.15) is 12.4 Å². The van der Waals surface area contributed by atoms with E-state index >= 15 is 0 Å². The van der Waals surface area contributed by atoms with Crippen LogP contribution in [0, 0.1) is 5.82 Å². The molecule has 0 unspecified atom stereocenters. The van der Waals surface area contributed by atoms with Crippen molar-refractivity contribution in [3.8, 4) is 0 Å². The largest absolute Gasteiger partial charge is 0.396 e. The summed E-state index contributed by atoms with van der Waals surface area (Å²) in [6.45, 7) is 0.0928. The fourth-order valence-electron chi connectivity index (χ4n) is 1.70. The number of hydrogen-bond donors (Lipinski definition) is 2. The minimum atomic E-state index is -0.408. The predicted octanol–water partition coefficient (Wildman–Crippen LogP) is 0.981. The summed E-state index contributed by atoms with van der Waals surface area (Å²) in [4.78, 5) is 11.8. The molecule has 0 fully saturated rings. The first kappa shape index (κ1) is 14.1. The second-order valence-corrected chi connectivity index (χ2v) is 4.29. The van der Waals surface area contributed by atoms with E-state index in [1.807, 2.05) is 0 Å². The number of nitrogens with zero attached hydrogens (tertiary/aromatic N) is 3. The monoisotopic (exact) mass is 278 g/mol. The summed E-state index contributed by atoms with van der Waals surface area (Å²) < 4.78 is 14.4. The number of aliphatic hydroxyl groups is 1. The molecule has 1 amide bonds. The van der Waals surface area contributed by atoms with E-state index in [1.165, 1.54) is 22.9 Å². The summed E-state index contributed by atoms with van der Waals surface area (Å²) >= 11 is 0. The Labute approximate surface area is 115 Å². The number of aromatic nitrogens is 3. The Morgan fingerprint density at radius 2 is 2.30 bits per heavy atom. The number of aryl methyl sites for hydroxylation is 1. The number of benzene rings is 1. The quantitative estimate of drug-likeness (QED) is 0.825. The van der Waals surface area contributed by atoms with Crippen LogP contribution in [0.1, 0.15) is 12.1 Å². The summed E-state index contributed by atoms with van der Waals surface area (Å²) in [5, 5.41) is 19.0. The molecule has 106 valence electrons. The molecule has 2 N–H and O–H groups in total. The highest BCUT2D eigenvalue weighted by Crippen LogP contribution is 2.09. The highest BCUT2D eigenvalue weighted by Gasteiger charge is 2.07. The average Bonchev–Trinajstić information content (AvgIpc) is 2.83. The van der Waals surface area contributed by atoms with E-state index in [2.05, 4.69) is 15.6 Å². The molecule has 20 heavy (non-hydrogen) atoms. The van der Waals surface area contributed by atoms with Gasteiger partial charge in [-0.1, -0.05) is 11.3 Å². The van der Waals surface area contributed by atoms with Crippen LogP contribution in [0.3, 0.4) is 0 Å². The van der Waals surface area contributed by atoms with Crippen LogP contribution in [0.15, 0.2) is 30.5 Å². The molecule has 6 nitrogen and oxygen atoms in total. The second kappa shape index (κ2) is 6.76. The molecule has 2 aromatic rings. The molecule has 0 spiro atoms. The summed E-state index contributed by atoms with van der Waals surface area (Å²) in [6, 6.07) is 5.68. The molecule has 0 aliphatic rings. The lowest BCUT2D eigenvalue weighted by molar-refractivity contribution is -0.116. The first-order valence-corrected chi connectivity index (χ1v) is 6.22. The van der Waals surface area contributed by atoms with E-state index in [0.29, 0.717) is 18.5 Å². The number of amides is 1. The van der Waals surface area contributed by atoms with Gasteiger partial charge in [-0.2, -0.15) is 0 Å². The van der Waals surface area contributed by atoms with Gasteiger partial charge in [0.05, 0.1) is 5.69 Å². The number of anilines is 1. The Hall–Kier alpha value is -2.28. The van der Waals surface area contributed by atoms with Gasteiger partial charge in [-0.05, 0) is 31.0 Å².